The van der Waals surface area contributed by atoms with Crippen molar-refractivity contribution in [2.24, 2.45) is 0 Å². The molecule has 3 aromatic carbocycles. The van der Waals surface area contributed by atoms with Crippen molar-refractivity contribution in [2.75, 3.05) is 0 Å². The van der Waals surface area contributed by atoms with E-state index in [1.807, 2.05) is 32.9 Å². The molecule has 0 radical (unpaired) electrons. The summed E-state index contributed by atoms with van der Waals surface area (Å²) in [5.74, 6) is -0.872. The van der Waals surface area contributed by atoms with Crippen LogP contribution in [0.15, 0.2) is 60.7 Å². The first-order valence-corrected chi connectivity index (χ1v) is 10.4. The molecule has 1 amide bonds. The largest absolute Gasteiger partial charge is 0.416 e. The third-order valence-electron chi connectivity index (χ3n) is 5.55. The topological polar surface area (TPSA) is 49.3 Å². The summed E-state index contributed by atoms with van der Waals surface area (Å²) in [5.41, 5.74) is 3.14. The van der Waals surface area contributed by atoms with Crippen LogP contribution in [-0.2, 0) is 12.6 Å². The first kappa shape index (κ1) is 24.5. The van der Waals surface area contributed by atoms with Gasteiger partial charge in [-0.05, 0) is 73.7 Å². The van der Waals surface area contributed by atoms with Gasteiger partial charge in [-0.3, -0.25) is 4.79 Å². The maximum atomic E-state index is 13.3. The third kappa shape index (κ3) is 5.99. The van der Waals surface area contributed by atoms with Crippen LogP contribution in [0.25, 0.3) is 0 Å². The lowest BCUT2D eigenvalue weighted by atomic mass is 9.94. The molecule has 0 saturated heterocycles. The van der Waals surface area contributed by atoms with Crippen LogP contribution in [0, 0.1) is 26.6 Å². The van der Waals surface area contributed by atoms with E-state index in [1.54, 1.807) is 0 Å². The standard InChI is InChI=1S/C26H25F4NO2/c1-15-12-16(2)23(17(3)13-15)25(33)31-22(24(32)19-6-10-21(27)11-7-19)14-18-4-8-20(9-5-18)26(28,29)30/h4-13,22,24,32H,14H2,1-3H3,(H,31,33). The quantitative estimate of drug-likeness (QED) is 0.455. The molecule has 0 aliphatic heterocycles. The number of hydrogen-bond donors (Lipinski definition) is 2. The summed E-state index contributed by atoms with van der Waals surface area (Å²) in [6.07, 6.45) is -5.59. The number of amides is 1. The van der Waals surface area contributed by atoms with E-state index >= 15 is 0 Å². The maximum Gasteiger partial charge on any atom is 0.416 e. The zero-order chi connectivity index (χ0) is 24.3. The van der Waals surface area contributed by atoms with Gasteiger partial charge in [-0.25, -0.2) is 4.39 Å². The Morgan fingerprint density at radius 3 is 2.00 bits per heavy atom. The minimum absolute atomic E-state index is 0.0758. The van der Waals surface area contributed by atoms with E-state index in [4.69, 9.17) is 0 Å². The molecule has 0 aliphatic rings. The Labute approximate surface area is 190 Å². The lowest BCUT2D eigenvalue weighted by Crippen LogP contribution is -2.41. The number of benzene rings is 3. The molecule has 0 spiro atoms. The van der Waals surface area contributed by atoms with Crippen LogP contribution in [0.2, 0.25) is 0 Å². The second-order valence-electron chi connectivity index (χ2n) is 8.25. The third-order valence-corrected chi connectivity index (χ3v) is 5.55. The molecule has 0 bridgehead atoms. The highest BCUT2D eigenvalue weighted by atomic mass is 19.4. The minimum atomic E-state index is -4.46. The number of alkyl halides is 3. The zero-order valence-electron chi connectivity index (χ0n) is 18.5. The average molecular weight is 459 g/mol. The fourth-order valence-corrected chi connectivity index (χ4v) is 4.00. The lowest BCUT2D eigenvalue weighted by molar-refractivity contribution is -0.137. The molecule has 0 heterocycles. The fourth-order valence-electron chi connectivity index (χ4n) is 4.00. The lowest BCUT2D eigenvalue weighted by Gasteiger charge is -2.26. The molecule has 0 aromatic heterocycles. The van der Waals surface area contributed by atoms with Crippen molar-refractivity contribution in [1.29, 1.82) is 0 Å². The van der Waals surface area contributed by atoms with Crippen molar-refractivity contribution in [2.45, 2.75) is 45.5 Å². The Balaban J connectivity index is 1.91. The van der Waals surface area contributed by atoms with Crippen molar-refractivity contribution in [3.8, 4) is 0 Å². The molecular weight excluding hydrogens is 434 g/mol. The van der Waals surface area contributed by atoms with Crippen molar-refractivity contribution in [1.82, 2.24) is 5.32 Å². The van der Waals surface area contributed by atoms with Crippen molar-refractivity contribution < 1.29 is 27.5 Å². The van der Waals surface area contributed by atoms with Crippen molar-refractivity contribution in [3.63, 3.8) is 0 Å². The second-order valence-corrected chi connectivity index (χ2v) is 8.25. The monoisotopic (exact) mass is 459 g/mol. The van der Waals surface area contributed by atoms with Crippen LogP contribution in [-0.4, -0.2) is 17.1 Å². The summed E-state index contributed by atoms with van der Waals surface area (Å²) in [7, 11) is 0. The van der Waals surface area contributed by atoms with Crippen LogP contribution >= 0.6 is 0 Å². The molecule has 174 valence electrons. The molecule has 0 aliphatic carbocycles. The molecular formula is C26H25F4NO2. The molecule has 3 aromatic rings. The molecule has 0 saturated carbocycles. The number of nitrogens with one attached hydrogen (secondary N) is 1. The van der Waals surface area contributed by atoms with Crippen LogP contribution in [0.1, 0.15) is 49.8 Å². The smallest absolute Gasteiger partial charge is 0.386 e. The Kier molecular flexibility index (Phi) is 7.22. The van der Waals surface area contributed by atoms with Gasteiger partial charge in [0.05, 0.1) is 17.7 Å². The van der Waals surface area contributed by atoms with E-state index in [-0.39, 0.29) is 6.42 Å². The van der Waals surface area contributed by atoms with Gasteiger partial charge in [0.1, 0.15) is 5.82 Å². The molecule has 3 nitrogen and oxygen atoms in total. The number of halogens is 4. The highest BCUT2D eigenvalue weighted by Crippen LogP contribution is 2.30. The molecule has 7 heteroatoms. The first-order chi connectivity index (χ1) is 15.5. The summed E-state index contributed by atoms with van der Waals surface area (Å²) < 4.78 is 52.0. The van der Waals surface area contributed by atoms with E-state index in [2.05, 4.69) is 5.32 Å². The summed E-state index contributed by atoms with van der Waals surface area (Å²) >= 11 is 0. The molecule has 2 atom stereocenters. The average Bonchev–Trinajstić information content (AvgIpc) is 2.72. The van der Waals surface area contributed by atoms with E-state index in [0.717, 1.165) is 28.8 Å². The molecule has 33 heavy (non-hydrogen) atoms. The molecule has 3 rings (SSSR count). The first-order valence-electron chi connectivity index (χ1n) is 10.4. The SMILES string of the molecule is Cc1cc(C)c(C(=O)NC(Cc2ccc(C(F)(F)F)cc2)C(O)c2ccc(F)cc2)c(C)c1. The van der Waals surface area contributed by atoms with Crippen LogP contribution in [0.4, 0.5) is 17.6 Å². The number of aliphatic hydroxyl groups excluding tert-OH is 1. The Hall–Kier alpha value is -3.19. The highest BCUT2D eigenvalue weighted by molar-refractivity contribution is 5.97. The van der Waals surface area contributed by atoms with Crippen LogP contribution in [0.5, 0.6) is 0 Å². The van der Waals surface area contributed by atoms with Crippen molar-refractivity contribution in [3.05, 3.63) is 105 Å². The number of aliphatic hydroxyl groups is 1. The molecule has 2 N–H and O–H groups in total. The Morgan fingerprint density at radius 1 is 0.939 bits per heavy atom. The van der Waals surface area contributed by atoms with Gasteiger partial charge in [0, 0.05) is 5.56 Å². The van der Waals surface area contributed by atoms with E-state index < -0.39 is 35.6 Å². The highest BCUT2D eigenvalue weighted by Gasteiger charge is 2.30. The number of aryl methyl sites for hydroxylation is 3. The maximum absolute atomic E-state index is 13.3. The summed E-state index contributed by atoms with van der Waals surface area (Å²) in [6.45, 7) is 5.56. The van der Waals surface area contributed by atoms with Crippen LogP contribution in [0.3, 0.4) is 0 Å². The summed E-state index contributed by atoms with van der Waals surface area (Å²) in [6, 6.07) is 12.7. The van der Waals surface area contributed by atoms with Gasteiger partial charge in [-0.2, -0.15) is 13.2 Å². The Morgan fingerprint density at radius 2 is 1.48 bits per heavy atom. The van der Waals surface area contributed by atoms with Gasteiger partial charge >= 0.3 is 6.18 Å². The second kappa shape index (κ2) is 9.75. The number of carbonyl (C=O) groups is 1. The summed E-state index contributed by atoms with van der Waals surface area (Å²) in [5, 5.41) is 13.8. The summed E-state index contributed by atoms with van der Waals surface area (Å²) in [4.78, 5) is 13.1. The number of carbonyl (C=O) groups excluding carboxylic acids is 1. The van der Waals surface area contributed by atoms with Gasteiger partial charge in [-0.15, -0.1) is 0 Å². The minimum Gasteiger partial charge on any atom is -0.386 e. The van der Waals surface area contributed by atoms with E-state index in [1.165, 1.54) is 36.4 Å². The normalized spacial score (nSPS) is 13.5. The van der Waals surface area contributed by atoms with Crippen molar-refractivity contribution >= 4 is 5.91 Å². The van der Waals surface area contributed by atoms with Gasteiger partial charge in [0.2, 0.25) is 0 Å². The van der Waals surface area contributed by atoms with E-state index in [0.29, 0.717) is 16.7 Å². The van der Waals surface area contributed by atoms with Gasteiger partial charge in [0.15, 0.2) is 0 Å². The predicted octanol–water partition coefficient (Wildman–Crippen LogP) is 5.84. The number of hydrogen-bond acceptors (Lipinski definition) is 2. The van der Waals surface area contributed by atoms with Crippen LogP contribution < -0.4 is 5.32 Å². The van der Waals surface area contributed by atoms with Gasteiger partial charge in [-0.1, -0.05) is 42.0 Å². The van der Waals surface area contributed by atoms with Gasteiger partial charge < -0.3 is 10.4 Å². The van der Waals surface area contributed by atoms with Gasteiger partial charge in [0.25, 0.3) is 5.91 Å². The predicted molar refractivity (Wildman–Crippen MR) is 118 cm³/mol. The zero-order valence-corrected chi connectivity index (χ0v) is 18.5. The fraction of sp³-hybridized carbons (Fsp3) is 0.269. The number of rotatable bonds is 6. The Bertz CT molecular complexity index is 1100. The molecule has 0 fully saturated rings. The molecule has 2 unspecified atom stereocenters. The van der Waals surface area contributed by atoms with E-state index in [9.17, 15) is 27.5 Å².